The first-order chi connectivity index (χ1) is 10.5. The van der Waals surface area contributed by atoms with E-state index in [1.54, 1.807) is 16.8 Å². The smallest absolute Gasteiger partial charge is 0.317 e. The number of aliphatic carboxylic acids is 1. The highest BCUT2D eigenvalue weighted by Gasteiger charge is 2.16. The Hall–Kier alpha value is -1.88. The first-order valence-electron chi connectivity index (χ1n) is 7.72. The fourth-order valence-electron chi connectivity index (χ4n) is 2.28. The van der Waals surface area contributed by atoms with E-state index < -0.39 is 5.97 Å². The summed E-state index contributed by atoms with van der Waals surface area (Å²) in [7, 11) is 1.75. The normalized spacial score (nSPS) is 10.7. The number of carboxylic acids is 1. The molecule has 1 N–H and O–H groups in total. The van der Waals surface area contributed by atoms with Crippen molar-refractivity contribution in [3.05, 3.63) is 35.4 Å². The van der Waals surface area contributed by atoms with Crippen molar-refractivity contribution in [2.75, 3.05) is 26.7 Å². The van der Waals surface area contributed by atoms with Crippen LogP contribution in [0.3, 0.4) is 0 Å². The van der Waals surface area contributed by atoms with Gasteiger partial charge in [-0.2, -0.15) is 0 Å². The second-order valence-corrected chi connectivity index (χ2v) is 5.52. The lowest BCUT2D eigenvalue weighted by Gasteiger charge is -2.23. The van der Waals surface area contributed by atoms with Gasteiger partial charge in [-0.05, 0) is 30.5 Å². The molecule has 1 aromatic carbocycles. The fourth-order valence-corrected chi connectivity index (χ4v) is 2.28. The summed E-state index contributed by atoms with van der Waals surface area (Å²) < 4.78 is 0. The number of benzene rings is 1. The van der Waals surface area contributed by atoms with Crippen LogP contribution in [0, 0.1) is 0 Å². The summed E-state index contributed by atoms with van der Waals surface area (Å²) in [4.78, 5) is 26.4. The van der Waals surface area contributed by atoms with Crippen molar-refractivity contribution in [1.29, 1.82) is 0 Å². The molecule has 5 nitrogen and oxygen atoms in total. The Balaban J connectivity index is 2.56. The number of carbonyl (C=O) groups is 2. The van der Waals surface area contributed by atoms with Gasteiger partial charge in [-0.25, -0.2) is 0 Å². The minimum atomic E-state index is -0.904. The lowest BCUT2D eigenvalue weighted by Crippen LogP contribution is -2.40. The molecule has 0 saturated heterocycles. The largest absolute Gasteiger partial charge is 0.480 e. The van der Waals surface area contributed by atoms with Gasteiger partial charge in [0.1, 0.15) is 0 Å². The molecule has 0 spiro atoms. The summed E-state index contributed by atoms with van der Waals surface area (Å²) in [5.41, 5.74) is 2.35. The Morgan fingerprint density at radius 3 is 2.14 bits per heavy atom. The summed E-state index contributed by atoms with van der Waals surface area (Å²) in [5, 5.41) is 8.88. The number of rotatable bonds is 9. The number of carboxylic acid groups (broad SMARTS) is 1. The maximum absolute atomic E-state index is 12.2. The van der Waals surface area contributed by atoms with E-state index in [-0.39, 0.29) is 19.0 Å². The van der Waals surface area contributed by atoms with Gasteiger partial charge in [-0.3, -0.25) is 14.5 Å². The molecule has 0 aliphatic heterocycles. The predicted molar refractivity (Wildman–Crippen MR) is 86.7 cm³/mol. The molecule has 1 amide bonds. The van der Waals surface area contributed by atoms with Crippen LogP contribution in [-0.2, 0) is 22.6 Å². The van der Waals surface area contributed by atoms with Crippen molar-refractivity contribution in [2.24, 2.45) is 0 Å². The van der Waals surface area contributed by atoms with E-state index in [9.17, 15) is 9.59 Å². The molecule has 0 aromatic heterocycles. The van der Waals surface area contributed by atoms with E-state index in [1.165, 1.54) is 5.56 Å². The van der Waals surface area contributed by atoms with Gasteiger partial charge in [0.25, 0.3) is 0 Å². The van der Waals surface area contributed by atoms with Crippen molar-refractivity contribution in [2.45, 2.75) is 33.2 Å². The quantitative estimate of drug-likeness (QED) is 0.758. The predicted octanol–water partition coefficient (Wildman–Crippen LogP) is 2.00. The first-order valence-corrected chi connectivity index (χ1v) is 7.72. The Morgan fingerprint density at radius 2 is 1.64 bits per heavy atom. The molecular weight excluding hydrogens is 280 g/mol. The SMILES string of the molecule is CCCN(CC(=O)O)CC(=O)N(C)Cc1ccc(CC)cc1. The maximum Gasteiger partial charge on any atom is 0.317 e. The van der Waals surface area contributed by atoms with Gasteiger partial charge in [0.2, 0.25) is 5.91 Å². The zero-order chi connectivity index (χ0) is 16.5. The van der Waals surface area contributed by atoms with Gasteiger partial charge < -0.3 is 10.0 Å². The summed E-state index contributed by atoms with van der Waals surface area (Å²) in [5.74, 6) is -0.965. The van der Waals surface area contributed by atoms with E-state index in [4.69, 9.17) is 5.11 Å². The van der Waals surface area contributed by atoms with E-state index in [0.717, 1.165) is 18.4 Å². The van der Waals surface area contributed by atoms with Gasteiger partial charge in [-0.15, -0.1) is 0 Å². The molecule has 0 heterocycles. The topological polar surface area (TPSA) is 60.9 Å². The number of amides is 1. The van der Waals surface area contributed by atoms with Crippen LogP contribution in [0.4, 0.5) is 0 Å². The van der Waals surface area contributed by atoms with E-state index in [0.29, 0.717) is 13.1 Å². The van der Waals surface area contributed by atoms with Gasteiger partial charge in [-0.1, -0.05) is 38.1 Å². The number of likely N-dealkylation sites (N-methyl/N-ethyl adjacent to an activating group) is 1. The number of carbonyl (C=O) groups excluding carboxylic acids is 1. The molecule has 0 radical (unpaired) electrons. The molecule has 1 rings (SSSR count). The third-order valence-electron chi connectivity index (χ3n) is 3.53. The van der Waals surface area contributed by atoms with Crippen molar-refractivity contribution in [1.82, 2.24) is 9.80 Å². The Kier molecular flexibility index (Phi) is 7.60. The molecule has 22 heavy (non-hydrogen) atoms. The highest BCUT2D eigenvalue weighted by atomic mass is 16.4. The average Bonchev–Trinajstić information content (AvgIpc) is 2.47. The van der Waals surface area contributed by atoms with Crippen LogP contribution in [0.25, 0.3) is 0 Å². The Labute approximate surface area is 132 Å². The van der Waals surface area contributed by atoms with Crippen molar-refractivity contribution >= 4 is 11.9 Å². The van der Waals surface area contributed by atoms with Crippen LogP contribution >= 0.6 is 0 Å². The minimum absolute atomic E-state index is 0.0609. The molecule has 0 atom stereocenters. The summed E-state index contributed by atoms with van der Waals surface area (Å²) in [6.45, 7) is 5.27. The number of hydrogen-bond acceptors (Lipinski definition) is 3. The number of aryl methyl sites for hydroxylation is 1. The number of hydrogen-bond donors (Lipinski definition) is 1. The van der Waals surface area contributed by atoms with Gasteiger partial charge in [0.05, 0.1) is 13.1 Å². The average molecular weight is 306 g/mol. The molecule has 1 aromatic rings. The molecule has 0 aliphatic rings. The Bertz CT molecular complexity index is 485. The van der Waals surface area contributed by atoms with Crippen LogP contribution in [0.15, 0.2) is 24.3 Å². The molecule has 5 heteroatoms. The minimum Gasteiger partial charge on any atom is -0.480 e. The summed E-state index contributed by atoms with van der Waals surface area (Å²) in [6.07, 6.45) is 1.82. The third kappa shape index (κ3) is 6.26. The van der Waals surface area contributed by atoms with Crippen molar-refractivity contribution in [3.8, 4) is 0 Å². The van der Waals surface area contributed by atoms with Crippen molar-refractivity contribution in [3.63, 3.8) is 0 Å². The standard InChI is InChI=1S/C17H26N2O3/c1-4-10-19(13-17(21)22)12-16(20)18(3)11-15-8-6-14(5-2)7-9-15/h6-9H,4-5,10-13H2,1-3H3,(H,21,22). The second-order valence-electron chi connectivity index (χ2n) is 5.52. The van der Waals surface area contributed by atoms with Crippen LogP contribution in [0.1, 0.15) is 31.4 Å². The van der Waals surface area contributed by atoms with E-state index in [2.05, 4.69) is 19.1 Å². The lowest BCUT2D eigenvalue weighted by molar-refractivity contribution is -0.139. The molecule has 0 saturated carbocycles. The lowest BCUT2D eigenvalue weighted by atomic mass is 10.1. The van der Waals surface area contributed by atoms with Crippen LogP contribution in [-0.4, -0.2) is 53.5 Å². The molecule has 0 aliphatic carbocycles. The first kappa shape index (κ1) is 18.2. The Morgan fingerprint density at radius 1 is 1.05 bits per heavy atom. The van der Waals surface area contributed by atoms with E-state index >= 15 is 0 Å². The molecule has 122 valence electrons. The van der Waals surface area contributed by atoms with Crippen LogP contribution in [0.2, 0.25) is 0 Å². The second kappa shape index (κ2) is 9.20. The highest BCUT2D eigenvalue weighted by molar-refractivity contribution is 5.79. The summed E-state index contributed by atoms with van der Waals surface area (Å²) in [6, 6.07) is 8.20. The highest BCUT2D eigenvalue weighted by Crippen LogP contribution is 2.08. The third-order valence-corrected chi connectivity index (χ3v) is 3.53. The molecular formula is C17H26N2O3. The zero-order valence-corrected chi connectivity index (χ0v) is 13.7. The van der Waals surface area contributed by atoms with Gasteiger partial charge >= 0.3 is 5.97 Å². The summed E-state index contributed by atoms with van der Waals surface area (Å²) >= 11 is 0. The number of nitrogens with zero attached hydrogens (tertiary/aromatic N) is 2. The zero-order valence-electron chi connectivity index (χ0n) is 13.7. The fraction of sp³-hybridized carbons (Fsp3) is 0.529. The monoisotopic (exact) mass is 306 g/mol. The molecule has 0 unspecified atom stereocenters. The maximum atomic E-state index is 12.2. The van der Waals surface area contributed by atoms with Crippen LogP contribution in [0.5, 0.6) is 0 Å². The molecule has 0 fully saturated rings. The molecule has 0 bridgehead atoms. The van der Waals surface area contributed by atoms with Gasteiger partial charge in [0, 0.05) is 13.6 Å². The van der Waals surface area contributed by atoms with Gasteiger partial charge in [0.15, 0.2) is 0 Å². The van der Waals surface area contributed by atoms with E-state index in [1.807, 2.05) is 19.1 Å². The van der Waals surface area contributed by atoms with Crippen LogP contribution < -0.4 is 0 Å². The van der Waals surface area contributed by atoms with Crippen molar-refractivity contribution < 1.29 is 14.7 Å².